The molecule has 2 aliphatic heterocycles. The zero-order chi connectivity index (χ0) is 17.3. The Balaban J connectivity index is 1.55. The van der Waals surface area contributed by atoms with Crippen LogP contribution in [0.3, 0.4) is 0 Å². The Hall–Kier alpha value is -1.63. The number of hydrogen-bond acceptors (Lipinski definition) is 6. The van der Waals surface area contributed by atoms with E-state index in [9.17, 15) is 4.79 Å². The van der Waals surface area contributed by atoms with Gasteiger partial charge < -0.3 is 19.1 Å². The number of rotatable bonds is 3. The summed E-state index contributed by atoms with van der Waals surface area (Å²) in [6, 6.07) is 0.582. The summed E-state index contributed by atoms with van der Waals surface area (Å²) in [6.45, 7) is 11.1. The SMILES string of the molecule is CC1CN(C(=O)C2CCN(c3nc(C(C)C)no3)CC2)CC(C)O1. The number of aromatic nitrogens is 2. The number of nitrogens with zero attached hydrogens (tertiary/aromatic N) is 4. The van der Waals surface area contributed by atoms with Crippen molar-refractivity contribution in [2.24, 2.45) is 5.92 Å². The molecule has 0 saturated carbocycles. The number of carbonyl (C=O) groups excluding carboxylic acids is 1. The second kappa shape index (κ2) is 7.09. The molecule has 0 bridgehead atoms. The lowest BCUT2D eigenvalue weighted by Crippen LogP contribution is -2.51. The molecule has 2 fully saturated rings. The first-order chi connectivity index (χ1) is 11.4. The van der Waals surface area contributed by atoms with Crippen LogP contribution in [0.5, 0.6) is 0 Å². The van der Waals surface area contributed by atoms with Crippen molar-refractivity contribution in [3.8, 4) is 0 Å². The maximum Gasteiger partial charge on any atom is 0.324 e. The lowest BCUT2D eigenvalue weighted by Gasteiger charge is -2.39. The van der Waals surface area contributed by atoms with Crippen LogP contribution in [0.2, 0.25) is 0 Å². The van der Waals surface area contributed by atoms with E-state index in [1.54, 1.807) is 0 Å². The highest BCUT2D eigenvalue weighted by Gasteiger charge is 2.33. The van der Waals surface area contributed by atoms with E-state index < -0.39 is 0 Å². The molecule has 1 aromatic rings. The van der Waals surface area contributed by atoms with Crippen molar-refractivity contribution in [3.05, 3.63) is 5.82 Å². The fourth-order valence-corrected chi connectivity index (χ4v) is 3.52. The molecular weight excluding hydrogens is 308 g/mol. The highest BCUT2D eigenvalue weighted by atomic mass is 16.5. The van der Waals surface area contributed by atoms with Crippen molar-refractivity contribution < 1.29 is 14.1 Å². The van der Waals surface area contributed by atoms with Gasteiger partial charge in [-0.25, -0.2) is 0 Å². The number of carbonyl (C=O) groups is 1. The third-order valence-electron chi connectivity index (χ3n) is 4.79. The minimum Gasteiger partial charge on any atom is -0.372 e. The summed E-state index contributed by atoms with van der Waals surface area (Å²) < 4.78 is 11.1. The standard InChI is InChI=1S/C17H28N4O3/c1-11(2)15-18-17(24-19-15)20-7-5-14(6-8-20)16(22)21-9-12(3)23-13(4)10-21/h11-14H,5-10H2,1-4H3. The topological polar surface area (TPSA) is 71.7 Å². The van der Waals surface area contributed by atoms with Crippen LogP contribution in [0.25, 0.3) is 0 Å². The van der Waals surface area contributed by atoms with Gasteiger partial charge in [0.1, 0.15) is 0 Å². The lowest BCUT2D eigenvalue weighted by atomic mass is 9.95. The van der Waals surface area contributed by atoms with Gasteiger partial charge in [0.15, 0.2) is 5.82 Å². The normalized spacial score (nSPS) is 26.2. The first-order valence-corrected chi connectivity index (χ1v) is 8.96. The van der Waals surface area contributed by atoms with E-state index in [0.29, 0.717) is 19.1 Å². The second-order valence-corrected chi connectivity index (χ2v) is 7.35. The molecule has 1 amide bonds. The van der Waals surface area contributed by atoms with E-state index in [2.05, 4.69) is 15.0 Å². The summed E-state index contributed by atoms with van der Waals surface area (Å²) >= 11 is 0. The number of anilines is 1. The van der Waals surface area contributed by atoms with Crippen molar-refractivity contribution in [2.75, 3.05) is 31.1 Å². The summed E-state index contributed by atoms with van der Waals surface area (Å²) in [7, 11) is 0. The molecule has 0 aliphatic carbocycles. The molecule has 24 heavy (non-hydrogen) atoms. The molecule has 0 spiro atoms. The van der Waals surface area contributed by atoms with Gasteiger partial charge in [-0.1, -0.05) is 19.0 Å². The van der Waals surface area contributed by atoms with Crippen LogP contribution in [0.4, 0.5) is 6.01 Å². The number of piperidine rings is 1. The van der Waals surface area contributed by atoms with Crippen LogP contribution in [-0.4, -0.2) is 59.3 Å². The monoisotopic (exact) mass is 336 g/mol. The second-order valence-electron chi connectivity index (χ2n) is 7.35. The van der Waals surface area contributed by atoms with E-state index in [1.165, 1.54) is 0 Å². The third-order valence-corrected chi connectivity index (χ3v) is 4.79. The van der Waals surface area contributed by atoms with E-state index in [4.69, 9.17) is 9.26 Å². The molecule has 0 radical (unpaired) electrons. The zero-order valence-electron chi connectivity index (χ0n) is 15.1. The van der Waals surface area contributed by atoms with E-state index in [1.807, 2.05) is 32.6 Å². The minimum absolute atomic E-state index is 0.0891. The Morgan fingerprint density at radius 3 is 2.33 bits per heavy atom. The summed E-state index contributed by atoms with van der Waals surface area (Å²) in [5.74, 6) is 1.35. The third kappa shape index (κ3) is 3.71. The van der Waals surface area contributed by atoms with E-state index >= 15 is 0 Å². The molecule has 1 aromatic heterocycles. The number of hydrogen-bond donors (Lipinski definition) is 0. The highest BCUT2D eigenvalue weighted by molar-refractivity contribution is 5.79. The Bertz CT molecular complexity index is 556. The molecule has 0 aromatic carbocycles. The molecule has 3 rings (SSSR count). The average Bonchev–Trinajstić information content (AvgIpc) is 3.03. The first-order valence-electron chi connectivity index (χ1n) is 8.96. The Kier molecular flexibility index (Phi) is 5.08. The molecule has 3 heterocycles. The van der Waals surface area contributed by atoms with Gasteiger partial charge in [-0.3, -0.25) is 4.79 Å². The lowest BCUT2D eigenvalue weighted by molar-refractivity contribution is -0.148. The molecule has 7 nitrogen and oxygen atoms in total. The quantitative estimate of drug-likeness (QED) is 0.841. The van der Waals surface area contributed by atoms with Crippen LogP contribution in [-0.2, 0) is 9.53 Å². The molecule has 7 heteroatoms. The van der Waals surface area contributed by atoms with Gasteiger partial charge in [-0.05, 0) is 26.7 Å². The van der Waals surface area contributed by atoms with Gasteiger partial charge in [-0.15, -0.1) is 0 Å². The van der Waals surface area contributed by atoms with E-state index in [0.717, 1.165) is 31.8 Å². The highest BCUT2D eigenvalue weighted by Crippen LogP contribution is 2.25. The molecular formula is C17H28N4O3. The smallest absolute Gasteiger partial charge is 0.324 e. The Labute approximate surface area is 143 Å². The van der Waals surface area contributed by atoms with Gasteiger partial charge in [0.05, 0.1) is 12.2 Å². The summed E-state index contributed by atoms with van der Waals surface area (Å²) in [6.07, 6.45) is 1.90. The molecule has 2 saturated heterocycles. The molecule has 2 unspecified atom stereocenters. The fourth-order valence-electron chi connectivity index (χ4n) is 3.52. The van der Waals surface area contributed by atoms with Crippen LogP contribution in [0.1, 0.15) is 52.3 Å². The van der Waals surface area contributed by atoms with Gasteiger partial charge in [0.2, 0.25) is 5.91 Å². The van der Waals surface area contributed by atoms with Crippen molar-refractivity contribution in [3.63, 3.8) is 0 Å². The maximum atomic E-state index is 12.8. The Morgan fingerprint density at radius 1 is 1.17 bits per heavy atom. The van der Waals surface area contributed by atoms with Crippen molar-refractivity contribution in [1.82, 2.24) is 15.0 Å². The first kappa shape index (κ1) is 17.2. The number of ether oxygens (including phenoxy) is 1. The van der Waals surface area contributed by atoms with Crippen molar-refractivity contribution in [2.45, 2.75) is 58.7 Å². The molecule has 2 aliphatic rings. The number of morpholine rings is 1. The van der Waals surface area contributed by atoms with Gasteiger partial charge in [0.25, 0.3) is 0 Å². The van der Waals surface area contributed by atoms with Gasteiger partial charge in [0, 0.05) is 38.0 Å². The van der Waals surface area contributed by atoms with Crippen molar-refractivity contribution in [1.29, 1.82) is 0 Å². The largest absolute Gasteiger partial charge is 0.372 e. The van der Waals surface area contributed by atoms with Crippen LogP contribution >= 0.6 is 0 Å². The fraction of sp³-hybridized carbons (Fsp3) is 0.824. The molecule has 0 N–H and O–H groups in total. The Morgan fingerprint density at radius 2 is 1.79 bits per heavy atom. The van der Waals surface area contributed by atoms with Crippen LogP contribution < -0.4 is 4.90 Å². The van der Waals surface area contributed by atoms with E-state index in [-0.39, 0.29) is 30.0 Å². The predicted octanol–water partition coefficient (Wildman–Crippen LogP) is 2.05. The van der Waals surface area contributed by atoms with Gasteiger partial charge in [-0.2, -0.15) is 4.98 Å². The molecule has 2 atom stereocenters. The van der Waals surface area contributed by atoms with Crippen LogP contribution in [0.15, 0.2) is 4.52 Å². The predicted molar refractivity (Wildman–Crippen MR) is 89.9 cm³/mol. The summed E-state index contributed by atoms with van der Waals surface area (Å²) in [5, 5.41) is 4.02. The summed E-state index contributed by atoms with van der Waals surface area (Å²) in [4.78, 5) is 21.3. The maximum absolute atomic E-state index is 12.8. The van der Waals surface area contributed by atoms with Gasteiger partial charge >= 0.3 is 6.01 Å². The average molecular weight is 336 g/mol. The zero-order valence-corrected chi connectivity index (χ0v) is 15.1. The van der Waals surface area contributed by atoms with Crippen molar-refractivity contribution >= 4 is 11.9 Å². The minimum atomic E-state index is 0.0891. The summed E-state index contributed by atoms with van der Waals surface area (Å²) in [5.41, 5.74) is 0. The van der Waals surface area contributed by atoms with Crippen LogP contribution in [0, 0.1) is 5.92 Å². The molecule has 134 valence electrons. The number of amides is 1.